The van der Waals surface area contributed by atoms with Crippen LogP contribution in [0.3, 0.4) is 0 Å². The monoisotopic (exact) mass is 342 g/mol. The summed E-state index contributed by atoms with van der Waals surface area (Å²) in [7, 11) is -1.85. The Bertz CT molecular complexity index is 320. The molecule has 3 nitrogen and oxygen atoms in total. The van der Waals surface area contributed by atoms with E-state index in [1.807, 2.05) is 6.92 Å². The van der Waals surface area contributed by atoms with E-state index in [0.717, 1.165) is 0 Å². The van der Waals surface area contributed by atoms with Crippen LogP contribution in [0.2, 0.25) is 18.1 Å². The first-order valence-electron chi connectivity index (χ1n) is 9.48. The Morgan fingerprint density at radius 1 is 0.957 bits per heavy atom. The molecule has 0 aliphatic carbocycles. The van der Waals surface area contributed by atoms with Crippen LogP contribution in [0.25, 0.3) is 0 Å². The second-order valence-electron chi connectivity index (χ2n) is 6.63. The standard InChI is InChI=1S/C19H38O3Si/c1-7-11-14-23(15-12-8-2,16-13-9-3)22-18(10-4)21-19(20)17(5)6/h18H,5,7-16H2,1-4,6H3. The van der Waals surface area contributed by atoms with Crippen LogP contribution in [0.15, 0.2) is 12.2 Å². The minimum Gasteiger partial charge on any atom is -0.433 e. The van der Waals surface area contributed by atoms with Gasteiger partial charge in [-0.1, -0.05) is 72.8 Å². The maximum Gasteiger partial charge on any atom is 0.335 e. The summed E-state index contributed by atoms with van der Waals surface area (Å²) in [6, 6.07) is 3.56. The fourth-order valence-corrected chi connectivity index (χ4v) is 7.61. The lowest BCUT2D eigenvalue weighted by atomic mass is 10.3. The summed E-state index contributed by atoms with van der Waals surface area (Å²) in [5, 5.41) is 0. The van der Waals surface area contributed by atoms with Crippen LogP contribution in [0.5, 0.6) is 0 Å². The molecule has 23 heavy (non-hydrogen) atoms. The third kappa shape index (κ3) is 9.31. The largest absolute Gasteiger partial charge is 0.433 e. The predicted molar refractivity (Wildman–Crippen MR) is 101 cm³/mol. The second-order valence-corrected chi connectivity index (χ2v) is 10.7. The molecule has 0 saturated heterocycles. The molecule has 0 radical (unpaired) electrons. The first-order valence-corrected chi connectivity index (χ1v) is 12.0. The lowest BCUT2D eigenvalue weighted by molar-refractivity contribution is -0.160. The van der Waals surface area contributed by atoms with E-state index in [0.29, 0.717) is 12.0 Å². The molecule has 1 unspecified atom stereocenters. The number of carbonyl (C=O) groups is 1. The Kier molecular flexibility index (Phi) is 12.4. The van der Waals surface area contributed by atoms with E-state index in [1.165, 1.54) is 56.7 Å². The van der Waals surface area contributed by atoms with Crippen molar-refractivity contribution in [1.82, 2.24) is 0 Å². The fourth-order valence-electron chi connectivity index (χ4n) is 2.74. The van der Waals surface area contributed by atoms with Gasteiger partial charge in [0, 0.05) is 12.0 Å². The summed E-state index contributed by atoms with van der Waals surface area (Å²) in [4.78, 5) is 11.9. The van der Waals surface area contributed by atoms with Gasteiger partial charge < -0.3 is 9.16 Å². The Balaban J connectivity index is 5.08. The summed E-state index contributed by atoms with van der Waals surface area (Å²) in [6.45, 7) is 14.1. The highest BCUT2D eigenvalue weighted by Gasteiger charge is 2.36. The quantitative estimate of drug-likeness (QED) is 0.163. The Labute approximate surface area is 145 Å². The lowest BCUT2D eigenvalue weighted by Gasteiger charge is -2.35. The molecule has 0 spiro atoms. The van der Waals surface area contributed by atoms with E-state index < -0.39 is 14.6 Å². The number of esters is 1. The van der Waals surface area contributed by atoms with E-state index in [1.54, 1.807) is 6.92 Å². The maximum atomic E-state index is 11.9. The zero-order chi connectivity index (χ0) is 17.7. The van der Waals surface area contributed by atoms with Gasteiger partial charge in [0.15, 0.2) is 14.6 Å². The van der Waals surface area contributed by atoms with Gasteiger partial charge in [-0.05, 0) is 25.1 Å². The molecule has 0 rings (SSSR count). The molecule has 0 aromatic carbocycles. The number of hydrogen-bond acceptors (Lipinski definition) is 3. The zero-order valence-corrected chi connectivity index (χ0v) is 17.1. The highest BCUT2D eigenvalue weighted by atomic mass is 28.4. The molecule has 1 atom stereocenters. The van der Waals surface area contributed by atoms with Crippen molar-refractivity contribution >= 4 is 14.3 Å². The van der Waals surface area contributed by atoms with Gasteiger partial charge >= 0.3 is 5.97 Å². The topological polar surface area (TPSA) is 35.5 Å². The summed E-state index contributed by atoms with van der Waals surface area (Å²) >= 11 is 0. The maximum absolute atomic E-state index is 11.9. The average Bonchev–Trinajstić information content (AvgIpc) is 2.55. The molecular formula is C19H38O3Si. The van der Waals surface area contributed by atoms with Crippen molar-refractivity contribution in [1.29, 1.82) is 0 Å². The van der Waals surface area contributed by atoms with Crippen molar-refractivity contribution in [3.8, 4) is 0 Å². The number of unbranched alkanes of at least 4 members (excludes halogenated alkanes) is 3. The minimum absolute atomic E-state index is 0.332. The smallest absolute Gasteiger partial charge is 0.335 e. The van der Waals surface area contributed by atoms with Gasteiger partial charge in [0.1, 0.15) is 0 Å². The number of carbonyl (C=O) groups excluding carboxylic acids is 1. The molecule has 136 valence electrons. The molecule has 0 saturated carbocycles. The molecule has 0 aliphatic heterocycles. The zero-order valence-electron chi connectivity index (χ0n) is 16.1. The van der Waals surface area contributed by atoms with Crippen LogP contribution in [0.1, 0.15) is 79.6 Å². The Morgan fingerprint density at radius 2 is 1.39 bits per heavy atom. The van der Waals surface area contributed by atoms with Gasteiger partial charge in [-0.2, -0.15) is 0 Å². The van der Waals surface area contributed by atoms with Crippen molar-refractivity contribution in [2.24, 2.45) is 0 Å². The van der Waals surface area contributed by atoms with Crippen LogP contribution in [0, 0.1) is 0 Å². The molecule has 0 aromatic rings. The van der Waals surface area contributed by atoms with Crippen LogP contribution in [-0.4, -0.2) is 20.6 Å². The van der Waals surface area contributed by atoms with Crippen molar-refractivity contribution < 1.29 is 14.0 Å². The van der Waals surface area contributed by atoms with E-state index >= 15 is 0 Å². The number of rotatable bonds is 14. The van der Waals surface area contributed by atoms with E-state index in [2.05, 4.69) is 27.4 Å². The van der Waals surface area contributed by atoms with Crippen molar-refractivity contribution in [3.63, 3.8) is 0 Å². The fraction of sp³-hybridized carbons (Fsp3) is 0.842. The molecule has 0 fully saturated rings. The molecule has 0 aliphatic rings. The molecular weight excluding hydrogens is 304 g/mol. The lowest BCUT2D eigenvalue weighted by Crippen LogP contribution is -2.43. The molecule has 0 heterocycles. The van der Waals surface area contributed by atoms with Gasteiger partial charge in [0.25, 0.3) is 0 Å². The van der Waals surface area contributed by atoms with Crippen LogP contribution in [-0.2, 0) is 14.0 Å². The van der Waals surface area contributed by atoms with Crippen LogP contribution in [0.4, 0.5) is 0 Å². The predicted octanol–water partition coefficient (Wildman–Crippen LogP) is 6.20. The third-order valence-corrected chi connectivity index (χ3v) is 8.82. The Morgan fingerprint density at radius 3 is 1.70 bits per heavy atom. The summed E-state index contributed by atoms with van der Waals surface area (Å²) in [5.41, 5.74) is 0.440. The SMILES string of the molecule is C=C(C)C(=O)OC(CC)O[Si](CCCC)(CCCC)CCCC. The summed E-state index contributed by atoms with van der Waals surface area (Å²) in [5.74, 6) is -0.332. The van der Waals surface area contributed by atoms with Gasteiger partial charge in [-0.3, -0.25) is 0 Å². The van der Waals surface area contributed by atoms with E-state index in [-0.39, 0.29) is 5.97 Å². The average molecular weight is 343 g/mol. The third-order valence-electron chi connectivity index (χ3n) is 4.26. The summed E-state index contributed by atoms with van der Waals surface area (Å²) < 4.78 is 12.1. The number of hydrogen-bond donors (Lipinski definition) is 0. The van der Waals surface area contributed by atoms with E-state index in [9.17, 15) is 4.79 Å². The summed E-state index contributed by atoms with van der Waals surface area (Å²) in [6.07, 6.45) is 7.52. The molecule has 0 N–H and O–H groups in total. The van der Waals surface area contributed by atoms with Gasteiger partial charge in [-0.15, -0.1) is 0 Å². The second kappa shape index (κ2) is 12.8. The van der Waals surface area contributed by atoms with Crippen molar-refractivity contribution in [3.05, 3.63) is 12.2 Å². The van der Waals surface area contributed by atoms with Gasteiger partial charge in [-0.25, -0.2) is 4.79 Å². The van der Waals surface area contributed by atoms with Crippen LogP contribution >= 0.6 is 0 Å². The van der Waals surface area contributed by atoms with Crippen molar-refractivity contribution in [2.75, 3.05) is 0 Å². The Hall–Kier alpha value is -0.613. The van der Waals surface area contributed by atoms with Gasteiger partial charge in [0.05, 0.1) is 0 Å². The minimum atomic E-state index is -1.85. The van der Waals surface area contributed by atoms with E-state index in [4.69, 9.17) is 9.16 Å². The van der Waals surface area contributed by atoms with Crippen LogP contribution < -0.4 is 0 Å². The first kappa shape index (κ1) is 22.4. The van der Waals surface area contributed by atoms with Crippen molar-refractivity contribution in [2.45, 2.75) is 104 Å². The molecule has 0 amide bonds. The normalized spacial score (nSPS) is 12.9. The van der Waals surface area contributed by atoms with Gasteiger partial charge in [0.2, 0.25) is 0 Å². The molecule has 0 aromatic heterocycles. The highest BCUT2D eigenvalue weighted by molar-refractivity contribution is 6.73. The molecule has 0 bridgehead atoms. The molecule has 4 heteroatoms. The number of ether oxygens (including phenoxy) is 1. The first-order chi connectivity index (χ1) is 10.9. The highest BCUT2D eigenvalue weighted by Crippen LogP contribution is 2.31.